The lowest BCUT2D eigenvalue weighted by molar-refractivity contribution is 0.0398. The van der Waals surface area contributed by atoms with Gasteiger partial charge in [-0.25, -0.2) is 9.97 Å². The number of rotatable bonds is 7. The molecule has 0 saturated carbocycles. The predicted octanol–water partition coefficient (Wildman–Crippen LogP) is 1.05. The van der Waals surface area contributed by atoms with Gasteiger partial charge in [-0.3, -0.25) is 9.69 Å². The second-order valence-corrected chi connectivity index (χ2v) is 5.83. The van der Waals surface area contributed by atoms with Crippen LogP contribution in [0.3, 0.4) is 0 Å². The number of ether oxygens (including phenoxy) is 1. The zero-order valence-electron chi connectivity index (χ0n) is 14.3. The molecule has 0 atom stereocenters. The van der Waals surface area contributed by atoms with E-state index in [4.69, 9.17) is 9.15 Å². The zero-order chi connectivity index (χ0) is 17.5. The molecule has 0 aliphatic carbocycles. The molecule has 8 nitrogen and oxygen atoms in total. The molecule has 0 spiro atoms. The minimum absolute atomic E-state index is 0.252. The number of anilines is 1. The molecular formula is C17H23N5O3. The van der Waals surface area contributed by atoms with Crippen molar-refractivity contribution < 1.29 is 13.9 Å². The van der Waals surface area contributed by atoms with Gasteiger partial charge in [0.05, 0.1) is 26.0 Å². The summed E-state index contributed by atoms with van der Waals surface area (Å²) in [4.78, 5) is 23.2. The van der Waals surface area contributed by atoms with E-state index in [0.29, 0.717) is 29.6 Å². The van der Waals surface area contributed by atoms with Crippen LogP contribution in [0, 0.1) is 6.92 Å². The van der Waals surface area contributed by atoms with E-state index in [1.54, 1.807) is 25.3 Å². The highest BCUT2D eigenvalue weighted by Gasteiger charge is 2.12. The zero-order valence-corrected chi connectivity index (χ0v) is 14.3. The first-order valence-electron chi connectivity index (χ1n) is 8.41. The van der Waals surface area contributed by atoms with Gasteiger partial charge in [-0.2, -0.15) is 0 Å². The lowest BCUT2D eigenvalue weighted by atomic mass is 10.3. The standard InChI is InChI=1S/C17H23N5O3/c1-13-20-15(17(23)19-12-14-3-2-8-25-14)11-16(21-13)18-4-5-22-6-9-24-10-7-22/h2-3,8,11H,4-7,9-10,12H2,1H3,(H,19,23)(H,18,20,21). The predicted molar refractivity (Wildman–Crippen MR) is 92.4 cm³/mol. The van der Waals surface area contributed by atoms with Crippen LogP contribution in [-0.2, 0) is 11.3 Å². The van der Waals surface area contributed by atoms with Crippen LogP contribution in [0.4, 0.5) is 5.82 Å². The summed E-state index contributed by atoms with van der Waals surface area (Å²) in [5.74, 6) is 1.66. The first-order valence-corrected chi connectivity index (χ1v) is 8.41. The van der Waals surface area contributed by atoms with Gasteiger partial charge in [-0.15, -0.1) is 0 Å². The molecule has 2 aromatic rings. The molecule has 1 aliphatic rings. The van der Waals surface area contributed by atoms with Gasteiger partial charge in [0.1, 0.15) is 23.1 Å². The van der Waals surface area contributed by atoms with Crippen molar-refractivity contribution in [2.24, 2.45) is 0 Å². The summed E-state index contributed by atoms with van der Waals surface area (Å²) in [5.41, 5.74) is 0.341. The van der Waals surface area contributed by atoms with Gasteiger partial charge < -0.3 is 19.8 Å². The van der Waals surface area contributed by atoms with Crippen molar-refractivity contribution in [3.8, 4) is 0 Å². The largest absolute Gasteiger partial charge is 0.467 e. The summed E-state index contributed by atoms with van der Waals surface area (Å²) in [5, 5.41) is 6.06. The molecule has 3 heterocycles. The molecule has 2 aromatic heterocycles. The maximum atomic E-state index is 12.3. The lowest BCUT2D eigenvalue weighted by Crippen LogP contribution is -2.39. The van der Waals surface area contributed by atoms with Crippen LogP contribution in [0.1, 0.15) is 22.1 Å². The Hall–Kier alpha value is -2.45. The van der Waals surface area contributed by atoms with Crippen molar-refractivity contribution in [3.63, 3.8) is 0 Å². The summed E-state index contributed by atoms with van der Waals surface area (Å²) >= 11 is 0. The smallest absolute Gasteiger partial charge is 0.270 e. The van der Waals surface area contributed by atoms with Gasteiger partial charge in [-0.1, -0.05) is 0 Å². The van der Waals surface area contributed by atoms with E-state index in [9.17, 15) is 4.79 Å². The summed E-state index contributed by atoms with van der Waals surface area (Å²) in [6, 6.07) is 5.26. The van der Waals surface area contributed by atoms with Gasteiger partial charge >= 0.3 is 0 Å². The van der Waals surface area contributed by atoms with Crippen molar-refractivity contribution in [1.82, 2.24) is 20.2 Å². The lowest BCUT2D eigenvalue weighted by Gasteiger charge is -2.26. The second kappa shape index (κ2) is 8.59. The highest BCUT2D eigenvalue weighted by Crippen LogP contribution is 2.08. The Bertz CT molecular complexity index is 684. The van der Waals surface area contributed by atoms with Gasteiger partial charge in [0, 0.05) is 32.2 Å². The average Bonchev–Trinajstić information content (AvgIpc) is 3.14. The molecular weight excluding hydrogens is 322 g/mol. The Kier molecular flexibility index (Phi) is 5.97. The average molecular weight is 345 g/mol. The summed E-state index contributed by atoms with van der Waals surface area (Å²) < 4.78 is 10.5. The molecule has 3 rings (SSSR count). The third kappa shape index (κ3) is 5.27. The minimum atomic E-state index is -0.252. The fraction of sp³-hybridized carbons (Fsp3) is 0.471. The third-order valence-electron chi connectivity index (χ3n) is 3.91. The Morgan fingerprint density at radius 1 is 1.32 bits per heavy atom. The van der Waals surface area contributed by atoms with E-state index in [0.717, 1.165) is 39.4 Å². The SMILES string of the molecule is Cc1nc(NCCN2CCOCC2)cc(C(=O)NCc2ccco2)n1. The van der Waals surface area contributed by atoms with Gasteiger partial charge in [0.2, 0.25) is 0 Å². The number of aryl methyl sites for hydroxylation is 1. The third-order valence-corrected chi connectivity index (χ3v) is 3.91. The Labute approximate surface area is 146 Å². The minimum Gasteiger partial charge on any atom is -0.467 e. The van der Waals surface area contributed by atoms with Crippen LogP contribution in [0.25, 0.3) is 0 Å². The first-order chi connectivity index (χ1) is 12.2. The van der Waals surface area contributed by atoms with Crippen LogP contribution < -0.4 is 10.6 Å². The molecule has 1 amide bonds. The number of hydrogen-bond donors (Lipinski definition) is 2. The number of amides is 1. The Morgan fingerprint density at radius 2 is 2.16 bits per heavy atom. The maximum absolute atomic E-state index is 12.3. The second-order valence-electron chi connectivity index (χ2n) is 5.83. The van der Waals surface area contributed by atoms with Crippen molar-refractivity contribution >= 4 is 11.7 Å². The number of aromatic nitrogens is 2. The highest BCUT2D eigenvalue weighted by atomic mass is 16.5. The van der Waals surface area contributed by atoms with Crippen LogP contribution in [0.2, 0.25) is 0 Å². The molecule has 0 aromatic carbocycles. The molecule has 1 aliphatic heterocycles. The molecule has 2 N–H and O–H groups in total. The topological polar surface area (TPSA) is 92.5 Å². The normalized spacial score (nSPS) is 15.1. The number of morpholine rings is 1. The molecule has 1 fully saturated rings. The van der Waals surface area contributed by atoms with Crippen molar-refractivity contribution in [2.75, 3.05) is 44.7 Å². The van der Waals surface area contributed by atoms with E-state index in [-0.39, 0.29) is 5.91 Å². The van der Waals surface area contributed by atoms with Gasteiger partial charge in [0.25, 0.3) is 5.91 Å². The van der Waals surface area contributed by atoms with Crippen LogP contribution in [-0.4, -0.2) is 60.2 Å². The number of carbonyl (C=O) groups is 1. The fourth-order valence-electron chi connectivity index (χ4n) is 2.61. The van der Waals surface area contributed by atoms with E-state index in [1.165, 1.54) is 0 Å². The van der Waals surface area contributed by atoms with Crippen molar-refractivity contribution in [2.45, 2.75) is 13.5 Å². The Balaban J connectivity index is 1.52. The maximum Gasteiger partial charge on any atom is 0.270 e. The van der Waals surface area contributed by atoms with Gasteiger partial charge in [0.15, 0.2) is 0 Å². The summed E-state index contributed by atoms with van der Waals surface area (Å²) in [6.45, 7) is 7.23. The van der Waals surface area contributed by atoms with E-state index < -0.39 is 0 Å². The van der Waals surface area contributed by atoms with Crippen LogP contribution in [0.15, 0.2) is 28.9 Å². The van der Waals surface area contributed by atoms with Crippen LogP contribution >= 0.6 is 0 Å². The summed E-state index contributed by atoms with van der Waals surface area (Å²) in [6.07, 6.45) is 1.58. The molecule has 134 valence electrons. The number of hydrogen-bond acceptors (Lipinski definition) is 7. The number of nitrogens with zero attached hydrogens (tertiary/aromatic N) is 3. The number of nitrogens with one attached hydrogen (secondary N) is 2. The van der Waals surface area contributed by atoms with E-state index in [2.05, 4.69) is 25.5 Å². The number of furan rings is 1. The molecule has 25 heavy (non-hydrogen) atoms. The van der Waals surface area contributed by atoms with E-state index >= 15 is 0 Å². The monoisotopic (exact) mass is 345 g/mol. The highest BCUT2D eigenvalue weighted by molar-refractivity contribution is 5.92. The quantitative estimate of drug-likeness (QED) is 0.775. The van der Waals surface area contributed by atoms with Crippen molar-refractivity contribution in [3.05, 3.63) is 41.7 Å². The molecule has 0 unspecified atom stereocenters. The summed E-state index contributed by atoms with van der Waals surface area (Å²) in [7, 11) is 0. The molecule has 0 radical (unpaired) electrons. The van der Waals surface area contributed by atoms with Crippen molar-refractivity contribution in [1.29, 1.82) is 0 Å². The van der Waals surface area contributed by atoms with Gasteiger partial charge in [-0.05, 0) is 19.1 Å². The number of carbonyl (C=O) groups excluding carboxylic acids is 1. The molecule has 8 heteroatoms. The first kappa shape index (κ1) is 17.4. The van der Waals surface area contributed by atoms with E-state index in [1.807, 2.05) is 6.07 Å². The molecule has 1 saturated heterocycles. The fourth-order valence-corrected chi connectivity index (χ4v) is 2.61. The molecule has 0 bridgehead atoms. The Morgan fingerprint density at radius 3 is 2.92 bits per heavy atom. The van der Waals surface area contributed by atoms with Crippen LogP contribution in [0.5, 0.6) is 0 Å².